The zero-order valence-corrected chi connectivity index (χ0v) is 17.6. The maximum absolute atomic E-state index is 12.7. The van der Waals surface area contributed by atoms with Gasteiger partial charge in [-0.15, -0.1) is 0 Å². The van der Waals surface area contributed by atoms with E-state index in [4.69, 9.17) is 11.6 Å². The lowest BCUT2D eigenvalue weighted by Gasteiger charge is -2.36. The Balaban J connectivity index is 1.47. The Morgan fingerprint density at radius 1 is 0.964 bits per heavy atom. The molecule has 28 heavy (non-hydrogen) atoms. The molecule has 1 fully saturated rings. The lowest BCUT2D eigenvalue weighted by molar-refractivity contribution is 0.249. The van der Waals surface area contributed by atoms with Gasteiger partial charge in [0.25, 0.3) is 5.56 Å². The van der Waals surface area contributed by atoms with E-state index in [0.29, 0.717) is 11.4 Å². The molecule has 1 aromatic heterocycles. The molecule has 3 aromatic rings. The summed E-state index contributed by atoms with van der Waals surface area (Å²) in [6.07, 6.45) is 1.69. The Kier molecular flexibility index (Phi) is 5.80. The fourth-order valence-electron chi connectivity index (χ4n) is 3.41. The monoisotopic (exact) mass is 458 g/mol. The van der Waals surface area contributed by atoms with Crippen LogP contribution in [0.2, 0.25) is 5.02 Å². The Labute approximate surface area is 177 Å². The number of anilines is 1. The number of para-hydroxylation sites is 1. The number of hydrogen-bond acceptors (Lipinski definition) is 4. The Morgan fingerprint density at radius 3 is 2.36 bits per heavy atom. The summed E-state index contributed by atoms with van der Waals surface area (Å²) in [5, 5.41) is 4.56. The van der Waals surface area contributed by atoms with Crippen LogP contribution in [0, 0.1) is 0 Å². The number of halogens is 2. The predicted molar refractivity (Wildman–Crippen MR) is 116 cm³/mol. The second kappa shape index (κ2) is 8.47. The van der Waals surface area contributed by atoms with Gasteiger partial charge in [0, 0.05) is 37.2 Å². The van der Waals surface area contributed by atoms with Gasteiger partial charge in [-0.05, 0) is 23.8 Å². The van der Waals surface area contributed by atoms with Crippen LogP contribution in [0.1, 0.15) is 5.56 Å². The normalized spacial score (nSPS) is 15.0. The molecule has 0 unspecified atom stereocenters. The minimum Gasteiger partial charge on any atom is -0.366 e. The summed E-state index contributed by atoms with van der Waals surface area (Å²) in [4.78, 5) is 17.2. The number of hydrogen-bond donors (Lipinski definition) is 0. The van der Waals surface area contributed by atoms with Crippen molar-refractivity contribution in [3.05, 3.63) is 86.2 Å². The Morgan fingerprint density at radius 2 is 1.64 bits per heavy atom. The molecule has 0 N–H and O–H groups in total. The third-order valence-corrected chi connectivity index (χ3v) is 6.09. The Bertz CT molecular complexity index is 1020. The van der Waals surface area contributed by atoms with Gasteiger partial charge in [0.15, 0.2) is 0 Å². The van der Waals surface area contributed by atoms with Crippen molar-refractivity contribution in [2.24, 2.45) is 0 Å². The molecule has 144 valence electrons. The molecule has 1 aliphatic heterocycles. The standard InChI is InChI=1S/C21H20BrClN4O/c22-18-9-5-4-6-16(18)15-25-10-12-26(13-11-25)19-14-24-27(21(28)20(19)23)17-7-2-1-3-8-17/h1-9,14H,10-13,15H2. The lowest BCUT2D eigenvalue weighted by atomic mass is 10.2. The summed E-state index contributed by atoms with van der Waals surface area (Å²) in [5.41, 5.74) is 2.40. The fraction of sp³-hybridized carbons (Fsp3) is 0.238. The summed E-state index contributed by atoms with van der Waals surface area (Å²) < 4.78 is 2.48. The first-order valence-corrected chi connectivity index (χ1v) is 10.3. The molecule has 0 bridgehead atoms. The third kappa shape index (κ3) is 3.99. The average Bonchev–Trinajstić information content (AvgIpc) is 2.73. The average molecular weight is 460 g/mol. The maximum Gasteiger partial charge on any atom is 0.292 e. The van der Waals surface area contributed by atoms with Crippen LogP contribution in [0.25, 0.3) is 5.69 Å². The summed E-state index contributed by atoms with van der Waals surface area (Å²) in [7, 11) is 0. The molecule has 2 aromatic carbocycles. The van der Waals surface area contributed by atoms with Crippen molar-refractivity contribution in [2.75, 3.05) is 31.1 Å². The van der Waals surface area contributed by atoms with Gasteiger partial charge >= 0.3 is 0 Å². The van der Waals surface area contributed by atoms with Gasteiger partial charge in [-0.25, -0.2) is 0 Å². The third-order valence-electron chi connectivity index (χ3n) is 4.97. The molecule has 1 saturated heterocycles. The molecule has 0 radical (unpaired) electrons. The van der Waals surface area contributed by atoms with Crippen LogP contribution in [-0.2, 0) is 6.54 Å². The lowest BCUT2D eigenvalue weighted by Crippen LogP contribution is -2.46. The maximum atomic E-state index is 12.7. The smallest absolute Gasteiger partial charge is 0.292 e. The minimum atomic E-state index is -0.291. The quantitative estimate of drug-likeness (QED) is 0.592. The topological polar surface area (TPSA) is 41.4 Å². The number of piperazine rings is 1. The van der Waals surface area contributed by atoms with E-state index >= 15 is 0 Å². The van der Waals surface area contributed by atoms with Crippen molar-refractivity contribution < 1.29 is 0 Å². The molecular weight excluding hydrogens is 440 g/mol. The molecule has 4 rings (SSSR count). The van der Waals surface area contributed by atoms with Crippen LogP contribution in [0.4, 0.5) is 5.69 Å². The fourth-order valence-corrected chi connectivity index (χ4v) is 4.07. The summed E-state index contributed by atoms with van der Waals surface area (Å²) >= 11 is 10.0. The van der Waals surface area contributed by atoms with Gasteiger partial charge in [-0.1, -0.05) is 63.9 Å². The molecule has 0 spiro atoms. The first kappa shape index (κ1) is 19.2. The van der Waals surface area contributed by atoms with Crippen molar-refractivity contribution in [1.29, 1.82) is 0 Å². The number of rotatable bonds is 4. The molecule has 0 amide bonds. The highest BCUT2D eigenvalue weighted by Gasteiger charge is 2.22. The van der Waals surface area contributed by atoms with E-state index in [2.05, 4.69) is 49.0 Å². The molecule has 7 heteroatoms. The molecule has 0 aliphatic carbocycles. The van der Waals surface area contributed by atoms with E-state index in [9.17, 15) is 4.79 Å². The molecule has 5 nitrogen and oxygen atoms in total. The van der Waals surface area contributed by atoms with Crippen molar-refractivity contribution in [3.63, 3.8) is 0 Å². The molecule has 2 heterocycles. The molecule has 0 atom stereocenters. The predicted octanol–water partition coefficient (Wildman–Crippen LogP) is 3.97. The van der Waals surface area contributed by atoms with Gasteiger partial charge < -0.3 is 4.90 Å². The van der Waals surface area contributed by atoms with Crippen LogP contribution in [0.15, 0.2) is 70.1 Å². The van der Waals surface area contributed by atoms with E-state index in [1.165, 1.54) is 10.2 Å². The van der Waals surface area contributed by atoms with Crippen LogP contribution in [-0.4, -0.2) is 40.9 Å². The van der Waals surface area contributed by atoms with Gasteiger partial charge in [0.2, 0.25) is 0 Å². The number of benzene rings is 2. The highest BCUT2D eigenvalue weighted by atomic mass is 79.9. The second-order valence-electron chi connectivity index (χ2n) is 6.75. The molecule has 0 saturated carbocycles. The van der Waals surface area contributed by atoms with Crippen molar-refractivity contribution in [1.82, 2.24) is 14.7 Å². The van der Waals surface area contributed by atoms with Crippen LogP contribution < -0.4 is 10.5 Å². The van der Waals surface area contributed by atoms with Crippen molar-refractivity contribution in [2.45, 2.75) is 6.54 Å². The van der Waals surface area contributed by atoms with E-state index in [1.54, 1.807) is 6.20 Å². The van der Waals surface area contributed by atoms with Crippen molar-refractivity contribution in [3.8, 4) is 5.69 Å². The summed E-state index contributed by atoms with van der Waals surface area (Å²) in [5.74, 6) is 0. The Hall–Kier alpha value is -2.15. The van der Waals surface area contributed by atoms with Crippen LogP contribution in [0.5, 0.6) is 0 Å². The van der Waals surface area contributed by atoms with Gasteiger partial charge in [0.05, 0.1) is 17.6 Å². The summed E-state index contributed by atoms with van der Waals surface area (Å²) in [6, 6.07) is 17.6. The first-order chi connectivity index (χ1) is 13.6. The number of aromatic nitrogens is 2. The van der Waals surface area contributed by atoms with Gasteiger partial charge in [-0.2, -0.15) is 9.78 Å². The van der Waals surface area contributed by atoms with Crippen molar-refractivity contribution >= 4 is 33.2 Å². The van der Waals surface area contributed by atoms with E-state index in [0.717, 1.165) is 37.2 Å². The highest BCUT2D eigenvalue weighted by molar-refractivity contribution is 9.10. The molecule has 1 aliphatic rings. The summed E-state index contributed by atoms with van der Waals surface area (Å²) in [6.45, 7) is 4.32. The SMILES string of the molecule is O=c1c(Cl)c(N2CCN(Cc3ccccc3Br)CC2)cnn1-c1ccccc1. The second-order valence-corrected chi connectivity index (χ2v) is 7.98. The van der Waals surface area contributed by atoms with E-state index < -0.39 is 0 Å². The minimum absolute atomic E-state index is 0.220. The highest BCUT2D eigenvalue weighted by Crippen LogP contribution is 2.24. The largest absolute Gasteiger partial charge is 0.366 e. The molecular formula is C21H20BrClN4O. The van der Waals surface area contributed by atoms with Crippen LogP contribution in [0.3, 0.4) is 0 Å². The van der Waals surface area contributed by atoms with Gasteiger partial charge in [0.1, 0.15) is 5.02 Å². The number of nitrogens with zero attached hydrogens (tertiary/aromatic N) is 4. The zero-order valence-electron chi connectivity index (χ0n) is 15.3. The van der Waals surface area contributed by atoms with Gasteiger partial charge in [-0.3, -0.25) is 9.69 Å². The van der Waals surface area contributed by atoms with Crippen LogP contribution >= 0.6 is 27.5 Å². The van der Waals surface area contributed by atoms with E-state index in [1.807, 2.05) is 36.4 Å². The van der Waals surface area contributed by atoms with E-state index in [-0.39, 0.29) is 10.6 Å². The first-order valence-electron chi connectivity index (χ1n) is 9.17. The zero-order chi connectivity index (χ0) is 19.5.